The molecule has 0 saturated carbocycles. The lowest BCUT2D eigenvalue weighted by Crippen LogP contribution is -2.22. The Morgan fingerprint density at radius 2 is 2.12 bits per heavy atom. The predicted molar refractivity (Wildman–Crippen MR) is 99.6 cm³/mol. The minimum atomic E-state index is -0.275. The summed E-state index contributed by atoms with van der Waals surface area (Å²) in [4.78, 5) is 28.0. The second-order valence-corrected chi connectivity index (χ2v) is 6.34. The lowest BCUT2D eigenvalue weighted by atomic mass is 10.1. The first-order valence-corrected chi connectivity index (χ1v) is 8.45. The van der Waals surface area contributed by atoms with E-state index < -0.39 is 0 Å². The van der Waals surface area contributed by atoms with Crippen LogP contribution in [-0.4, -0.2) is 25.2 Å². The largest absolute Gasteiger partial charge is 0.332 e. The van der Waals surface area contributed by atoms with Gasteiger partial charge in [0.15, 0.2) is 4.77 Å². The maximum atomic E-state index is 12.5. The van der Waals surface area contributed by atoms with Gasteiger partial charge in [-0.25, -0.2) is 4.68 Å². The van der Waals surface area contributed by atoms with E-state index in [1.54, 1.807) is 35.1 Å². The standard InChI is InChI=1S/C17H19N5O2S/c1-4-21-16(24)12-6-5-11(9-13(12)19-17(21)25)15(23)20-14-7-8-18-22(14)10(2)3/h5-10H,4H2,1-3H3,(H,19,25)(H,20,23). The van der Waals surface area contributed by atoms with Crippen molar-refractivity contribution in [1.29, 1.82) is 0 Å². The lowest BCUT2D eigenvalue weighted by Gasteiger charge is -2.12. The van der Waals surface area contributed by atoms with Gasteiger partial charge >= 0.3 is 0 Å². The lowest BCUT2D eigenvalue weighted by molar-refractivity contribution is 0.102. The first-order valence-electron chi connectivity index (χ1n) is 8.04. The number of carbonyl (C=O) groups is 1. The number of anilines is 1. The van der Waals surface area contributed by atoms with E-state index in [9.17, 15) is 9.59 Å². The molecule has 7 nitrogen and oxygen atoms in total. The summed E-state index contributed by atoms with van der Waals surface area (Å²) in [5, 5.41) is 7.53. The molecule has 1 amide bonds. The van der Waals surface area contributed by atoms with Crippen molar-refractivity contribution in [3.05, 3.63) is 51.2 Å². The summed E-state index contributed by atoms with van der Waals surface area (Å²) in [5.41, 5.74) is 0.819. The molecule has 8 heteroatoms. The molecule has 2 heterocycles. The van der Waals surface area contributed by atoms with Crippen molar-refractivity contribution in [2.75, 3.05) is 5.32 Å². The molecule has 0 aliphatic rings. The van der Waals surface area contributed by atoms with E-state index in [2.05, 4.69) is 15.4 Å². The highest BCUT2D eigenvalue weighted by Gasteiger charge is 2.13. The van der Waals surface area contributed by atoms with Crippen LogP contribution in [0.25, 0.3) is 10.9 Å². The maximum Gasteiger partial charge on any atom is 0.262 e. The molecule has 0 atom stereocenters. The molecule has 3 aromatic rings. The van der Waals surface area contributed by atoms with Crippen LogP contribution in [0.5, 0.6) is 0 Å². The summed E-state index contributed by atoms with van der Waals surface area (Å²) in [7, 11) is 0. The number of hydrogen-bond donors (Lipinski definition) is 2. The Labute approximate surface area is 149 Å². The second-order valence-electron chi connectivity index (χ2n) is 5.95. The van der Waals surface area contributed by atoms with Gasteiger partial charge in [0.2, 0.25) is 0 Å². The average Bonchev–Trinajstić information content (AvgIpc) is 3.03. The Balaban J connectivity index is 1.99. The summed E-state index contributed by atoms with van der Waals surface area (Å²) >= 11 is 5.21. The van der Waals surface area contributed by atoms with Gasteiger partial charge in [0.25, 0.3) is 11.5 Å². The smallest absolute Gasteiger partial charge is 0.262 e. The molecule has 0 unspecified atom stereocenters. The molecule has 0 radical (unpaired) electrons. The van der Waals surface area contributed by atoms with Gasteiger partial charge in [-0.1, -0.05) is 0 Å². The van der Waals surface area contributed by atoms with Gasteiger partial charge in [-0.2, -0.15) is 5.10 Å². The number of aromatic amines is 1. The first-order chi connectivity index (χ1) is 11.9. The third-order valence-electron chi connectivity index (χ3n) is 3.96. The fraction of sp³-hybridized carbons (Fsp3) is 0.294. The predicted octanol–water partition coefficient (Wildman–Crippen LogP) is 3.11. The van der Waals surface area contributed by atoms with Crippen molar-refractivity contribution < 1.29 is 4.79 Å². The summed E-state index contributed by atoms with van der Waals surface area (Å²) < 4.78 is 3.56. The highest BCUT2D eigenvalue weighted by atomic mass is 32.1. The van der Waals surface area contributed by atoms with E-state index in [0.717, 1.165) is 0 Å². The van der Waals surface area contributed by atoms with Gasteiger partial charge < -0.3 is 10.3 Å². The first kappa shape index (κ1) is 17.1. The van der Waals surface area contributed by atoms with Gasteiger partial charge in [0.1, 0.15) is 5.82 Å². The number of rotatable bonds is 4. The van der Waals surface area contributed by atoms with Crippen LogP contribution in [0, 0.1) is 4.77 Å². The van der Waals surface area contributed by atoms with Gasteiger partial charge in [-0.15, -0.1) is 0 Å². The normalized spacial score (nSPS) is 11.2. The topological polar surface area (TPSA) is 84.7 Å². The third-order valence-corrected chi connectivity index (χ3v) is 4.28. The van der Waals surface area contributed by atoms with Gasteiger partial charge in [0.05, 0.1) is 17.1 Å². The zero-order valence-corrected chi connectivity index (χ0v) is 15.1. The number of hydrogen-bond acceptors (Lipinski definition) is 4. The van der Waals surface area contributed by atoms with E-state index in [1.807, 2.05) is 20.8 Å². The SMILES string of the molecule is CCn1c(=S)[nH]c2cc(C(=O)Nc3ccnn3C(C)C)ccc2c1=O. The highest BCUT2D eigenvalue weighted by molar-refractivity contribution is 7.71. The van der Waals surface area contributed by atoms with Gasteiger partial charge in [0, 0.05) is 24.2 Å². The van der Waals surface area contributed by atoms with Crippen molar-refractivity contribution in [3.63, 3.8) is 0 Å². The summed E-state index contributed by atoms with van der Waals surface area (Å²) in [6, 6.07) is 6.78. The molecule has 0 fully saturated rings. The van der Waals surface area contributed by atoms with Crippen LogP contribution >= 0.6 is 12.2 Å². The number of aromatic nitrogens is 4. The van der Waals surface area contributed by atoms with Crippen LogP contribution in [0.1, 0.15) is 37.2 Å². The van der Waals surface area contributed by atoms with Crippen LogP contribution in [-0.2, 0) is 6.54 Å². The van der Waals surface area contributed by atoms with E-state index in [4.69, 9.17) is 12.2 Å². The molecule has 1 aromatic carbocycles. The Morgan fingerprint density at radius 3 is 2.80 bits per heavy atom. The van der Waals surface area contributed by atoms with Crippen molar-refractivity contribution in [3.8, 4) is 0 Å². The number of H-pyrrole nitrogens is 1. The van der Waals surface area contributed by atoms with Gasteiger partial charge in [-0.05, 0) is 51.2 Å². The molecule has 2 aromatic heterocycles. The fourth-order valence-electron chi connectivity index (χ4n) is 2.70. The summed E-state index contributed by atoms with van der Waals surface area (Å²) in [6.45, 7) is 6.32. The van der Waals surface area contributed by atoms with Crippen molar-refractivity contribution >= 4 is 34.8 Å². The number of benzene rings is 1. The fourth-order valence-corrected chi connectivity index (χ4v) is 3.02. The number of nitrogens with one attached hydrogen (secondary N) is 2. The minimum Gasteiger partial charge on any atom is -0.332 e. The second kappa shape index (κ2) is 6.64. The van der Waals surface area contributed by atoms with E-state index in [-0.39, 0.29) is 17.5 Å². The minimum absolute atomic E-state index is 0.130. The quantitative estimate of drug-likeness (QED) is 0.703. The Hall–Kier alpha value is -2.74. The third kappa shape index (κ3) is 3.12. The van der Waals surface area contributed by atoms with Crippen LogP contribution in [0.3, 0.4) is 0 Å². The molecule has 25 heavy (non-hydrogen) atoms. The molecule has 0 bridgehead atoms. The molecule has 0 aliphatic heterocycles. The monoisotopic (exact) mass is 357 g/mol. The number of nitrogens with zero attached hydrogens (tertiary/aromatic N) is 3. The van der Waals surface area contributed by atoms with Crippen LogP contribution in [0.4, 0.5) is 5.82 Å². The van der Waals surface area contributed by atoms with Crippen molar-refractivity contribution in [1.82, 2.24) is 19.3 Å². The zero-order chi connectivity index (χ0) is 18.1. The molecule has 2 N–H and O–H groups in total. The van der Waals surface area contributed by atoms with Crippen LogP contribution in [0.2, 0.25) is 0 Å². The average molecular weight is 357 g/mol. The highest BCUT2D eigenvalue weighted by Crippen LogP contribution is 2.16. The molecule has 0 aliphatic carbocycles. The van der Waals surface area contributed by atoms with E-state index in [0.29, 0.717) is 33.6 Å². The molecular weight excluding hydrogens is 338 g/mol. The molecule has 3 rings (SSSR count). The maximum absolute atomic E-state index is 12.5. The Morgan fingerprint density at radius 1 is 1.36 bits per heavy atom. The Kier molecular flexibility index (Phi) is 4.54. The zero-order valence-electron chi connectivity index (χ0n) is 14.2. The summed E-state index contributed by atoms with van der Waals surface area (Å²) in [5.74, 6) is 0.345. The van der Waals surface area contributed by atoms with Crippen LogP contribution in [0.15, 0.2) is 35.3 Å². The number of amides is 1. The van der Waals surface area contributed by atoms with Gasteiger partial charge in [-0.3, -0.25) is 14.2 Å². The Bertz CT molecular complexity index is 1060. The summed E-state index contributed by atoms with van der Waals surface area (Å²) in [6.07, 6.45) is 1.64. The van der Waals surface area contributed by atoms with E-state index in [1.165, 1.54) is 4.57 Å². The van der Waals surface area contributed by atoms with Crippen molar-refractivity contribution in [2.45, 2.75) is 33.4 Å². The van der Waals surface area contributed by atoms with Crippen molar-refractivity contribution in [2.24, 2.45) is 0 Å². The van der Waals surface area contributed by atoms with E-state index >= 15 is 0 Å². The molecular formula is C17H19N5O2S. The van der Waals surface area contributed by atoms with Crippen LogP contribution < -0.4 is 10.9 Å². The molecule has 0 saturated heterocycles. The number of fused-ring (bicyclic) bond motifs is 1. The molecule has 0 spiro atoms. The molecule has 130 valence electrons. The number of carbonyl (C=O) groups excluding carboxylic acids is 1.